The van der Waals surface area contributed by atoms with Crippen LogP contribution in [0.25, 0.3) is 0 Å². The summed E-state index contributed by atoms with van der Waals surface area (Å²) in [6.07, 6.45) is 0. The Balaban J connectivity index is 3.35. The Labute approximate surface area is 120 Å². The first-order valence-corrected chi connectivity index (χ1v) is 7.49. The predicted molar refractivity (Wildman–Crippen MR) is 72.7 cm³/mol. The van der Waals surface area contributed by atoms with Crippen molar-refractivity contribution in [1.29, 1.82) is 0 Å². The van der Waals surface area contributed by atoms with E-state index in [-0.39, 0.29) is 10.6 Å². The number of aliphatic carboxylic acids is 1. The Hall–Kier alpha value is -1.12. The molecule has 1 N–H and O–H groups in total. The van der Waals surface area contributed by atoms with Gasteiger partial charge in [0.1, 0.15) is 16.7 Å². The molecule has 0 aromatic heterocycles. The highest BCUT2D eigenvalue weighted by Crippen LogP contribution is 2.29. The van der Waals surface area contributed by atoms with Gasteiger partial charge in [0, 0.05) is 11.5 Å². The molecule has 19 heavy (non-hydrogen) atoms. The van der Waals surface area contributed by atoms with Crippen LogP contribution in [0, 0.1) is 0 Å². The normalized spacial score (nSPS) is 13.3. The molecule has 1 unspecified atom stereocenters. The minimum atomic E-state index is -3.95. The van der Waals surface area contributed by atoms with Crippen LogP contribution in [0.1, 0.15) is 6.92 Å². The predicted octanol–water partition coefficient (Wildman–Crippen LogP) is 1.55. The van der Waals surface area contributed by atoms with Crippen LogP contribution < -0.4 is 4.74 Å². The van der Waals surface area contributed by atoms with Gasteiger partial charge in [0.2, 0.25) is 10.0 Å². The summed E-state index contributed by atoms with van der Waals surface area (Å²) in [6, 6.07) is 3.34. The minimum Gasteiger partial charge on any atom is -0.495 e. The van der Waals surface area contributed by atoms with Crippen molar-refractivity contribution in [3.05, 3.63) is 22.7 Å². The van der Waals surface area contributed by atoms with Gasteiger partial charge in [-0.05, 0) is 25.1 Å². The second-order valence-corrected chi connectivity index (χ2v) is 6.71. The molecule has 0 aliphatic carbocycles. The summed E-state index contributed by atoms with van der Waals surface area (Å²) in [4.78, 5) is 10.8. The lowest BCUT2D eigenvalue weighted by atomic mass is 10.3. The van der Waals surface area contributed by atoms with Gasteiger partial charge in [0.15, 0.2) is 0 Å². The molecule has 0 heterocycles. The Bertz CT molecular complexity index is 587. The number of benzene rings is 1. The van der Waals surface area contributed by atoms with Crippen molar-refractivity contribution in [2.24, 2.45) is 0 Å². The van der Waals surface area contributed by atoms with Gasteiger partial charge < -0.3 is 9.84 Å². The summed E-state index contributed by atoms with van der Waals surface area (Å²) in [7, 11) is -1.38. The van der Waals surface area contributed by atoms with Crippen molar-refractivity contribution in [2.75, 3.05) is 14.2 Å². The quantitative estimate of drug-likeness (QED) is 0.869. The van der Waals surface area contributed by atoms with E-state index >= 15 is 0 Å². The zero-order valence-corrected chi connectivity index (χ0v) is 13.0. The molecule has 0 fully saturated rings. The monoisotopic (exact) mass is 351 g/mol. The molecular weight excluding hydrogens is 338 g/mol. The van der Waals surface area contributed by atoms with Crippen molar-refractivity contribution in [3.8, 4) is 5.75 Å². The summed E-state index contributed by atoms with van der Waals surface area (Å²) >= 11 is 3.18. The maximum Gasteiger partial charge on any atom is 0.321 e. The van der Waals surface area contributed by atoms with Crippen molar-refractivity contribution in [3.63, 3.8) is 0 Å². The summed E-state index contributed by atoms with van der Waals surface area (Å²) in [5.41, 5.74) is 0. The van der Waals surface area contributed by atoms with Gasteiger partial charge in [0.25, 0.3) is 0 Å². The third kappa shape index (κ3) is 3.26. The van der Waals surface area contributed by atoms with Crippen LogP contribution in [0.3, 0.4) is 0 Å². The fraction of sp³-hybridized carbons (Fsp3) is 0.364. The lowest BCUT2D eigenvalue weighted by molar-refractivity contribution is -0.140. The molecule has 0 aliphatic rings. The van der Waals surface area contributed by atoms with Crippen molar-refractivity contribution in [2.45, 2.75) is 17.9 Å². The van der Waals surface area contributed by atoms with Crippen LogP contribution >= 0.6 is 15.9 Å². The molecule has 0 saturated heterocycles. The van der Waals surface area contributed by atoms with E-state index in [1.54, 1.807) is 6.07 Å². The lowest BCUT2D eigenvalue weighted by Crippen LogP contribution is -2.40. The standard InChI is InChI=1S/C11H14BrNO5S/c1-7(11(14)15)13(2)19(16,17)10-6-8(12)4-5-9(10)18-3/h4-7H,1-3H3,(H,14,15). The van der Waals surface area contributed by atoms with Crippen molar-refractivity contribution >= 4 is 31.9 Å². The van der Waals surface area contributed by atoms with Crippen LogP contribution in [-0.4, -0.2) is 44.0 Å². The van der Waals surface area contributed by atoms with Crippen molar-refractivity contribution < 1.29 is 23.1 Å². The fourth-order valence-electron chi connectivity index (χ4n) is 1.37. The Morgan fingerprint density at radius 1 is 1.47 bits per heavy atom. The topological polar surface area (TPSA) is 83.9 Å². The number of carbonyl (C=O) groups is 1. The van der Waals surface area contributed by atoms with E-state index in [1.165, 1.54) is 33.2 Å². The van der Waals surface area contributed by atoms with E-state index < -0.39 is 22.0 Å². The number of likely N-dealkylation sites (N-methyl/N-ethyl adjacent to an activating group) is 1. The van der Waals surface area contributed by atoms with E-state index in [9.17, 15) is 13.2 Å². The second-order valence-electron chi connectivity index (χ2n) is 3.83. The molecule has 0 saturated carbocycles. The molecule has 1 aromatic rings. The number of carboxylic acids is 1. The zero-order valence-electron chi connectivity index (χ0n) is 10.6. The second kappa shape index (κ2) is 5.89. The first-order chi connectivity index (χ1) is 8.71. The Morgan fingerprint density at radius 3 is 2.53 bits per heavy atom. The maximum atomic E-state index is 12.4. The van der Waals surface area contributed by atoms with E-state index in [4.69, 9.17) is 9.84 Å². The number of sulfonamides is 1. The number of methoxy groups -OCH3 is 1. The average molecular weight is 352 g/mol. The molecule has 1 aromatic carbocycles. The van der Waals surface area contributed by atoms with Gasteiger partial charge in [-0.1, -0.05) is 15.9 Å². The highest BCUT2D eigenvalue weighted by atomic mass is 79.9. The first kappa shape index (κ1) is 15.9. The molecular formula is C11H14BrNO5S. The van der Waals surface area contributed by atoms with Crippen LogP contribution in [0.2, 0.25) is 0 Å². The van der Waals surface area contributed by atoms with Gasteiger partial charge in [-0.25, -0.2) is 8.42 Å². The fourth-order valence-corrected chi connectivity index (χ4v) is 3.38. The zero-order chi connectivity index (χ0) is 14.8. The molecule has 0 radical (unpaired) electrons. The molecule has 0 amide bonds. The van der Waals surface area contributed by atoms with Crippen molar-refractivity contribution in [1.82, 2.24) is 4.31 Å². The SMILES string of the molecule is COc1ccc(Br)cc1S(=O)(=O)N(C)C(C)C(=O)O. The summed E-state index contributed by atoms with van der Waals surface area (Å²) < 4.78 is 31.1. The molecule has 1 atom stereocenters. The number of hydrogen-bond donors (Lipinski definition) is 1. The third-order valence-corrected chi connectivity index (χ3v) is 5.13. The van der Waals surface area contributed by atoms with E-state index in [0.717, 1.165) is 4.31 Å². The van der Waals surface area contributed by atoms with Crippen LogP contribution in [0.5, 0.6) is 5.75 Å². The third-order valence-electron chi connectivity index (χ3n) is 2.69. The average Bonchev–Trinajstić information content (AvgIpc) is 2.36. The van der Waals surface area contributed by atoms with E-state index in [0.29, 0.717) is 4.47 Å². The van der Waals surface area contributed by atoms with E-state index in [1.807, 2.05) is 0 Å². The summed E-state index contributed by atoms with van der Waals surface area (Å²) in [5, 5.41) is 8.90. The smallest absolute Gasteiger partial charge is 0.321 e. The van der Waals surface area contributed by atoms with Gasteiger partial charge in [-0.3, -0.25) is 4.79 Å². The van der Waals surface area contributed by atoms with Crippen LogP contribution in [0.4, 0.5) is 0 Å². The molecule has 0 aliphatic heterocycles. The number of halogens is 1. The van der Waals surface area contributed by atoms with Gasteiger partial charge >= 0.3 is 5.97 Å². The molecule has 106 valence electrons. The Kier molecular flexibility index (Phi) is 4.94. The minimum absolute atomic E-state index is 0.0834. The molecule has 8 heteroatoms. The molecule has 0 spiro atoms. The van der Waals surface area contributed by atoms with Crippen LogP contribution in [0.15, 0.2) is 27.6 Å². The largest absolute Gasteiger partial charge is 0.495 e. The first-order valence-electron chi connectivity index (χ1n) is 5.26. The number of hydrogen-bond acceptors (Lipinski definition) is 4. The number of carboxylic acid groups (broad SMARTS) is 1. The van der Waals surface area contributed by atoms with E-state index in [2.05, 4.69) is 15.9 Å². The Morgan fingerprint density at radius 2 is 2.05 bits per heavy atom. The van der Waals surface area contributed by atoms with Gasteiger partial charge in [-0.15, -0.1) is 0 Å². The highest BCUT2D eigenvalue weighted by molar-refractivity contribution is 9.10. The lowest BCUT2D eigenvalue weighted by Gasteiger charge is -2.22. The number of nitrogens with zero attached hydrogens (tertiary/aromatic N) is 1. The summed E-state index contributed by atoms with van der Waals surface area (Å²) in [6.45, 7) is 1.30. The number of rotatable bonds is 5. The number of ether oxygens (including phenoxy) is 1. The summed E-state index contributed by atoms with van der Waals surface area (Å²) in [5.74, 6) is -1.06. The molecule has 6 nitrogen and oxygen atoms in total. The van der Waals surface area contributed by atoms with Gasteiger partial charge in [0.05, 0.1) is 7.11 Å². The maximum absolute atomic E-state index is 12.4. The molecule has 1 rings (SSSR count). The molecule has 0 bridgehead atoms. The van der Waals surface area contributed by atoms with Gasteiger partial charge in [-0.2, -0.15) is 4.31 Å². The van der Waals surface area contributed by atoms with Crippen LogP contribution in [-0.2, 0) is 14.8 Å². The highest BCUT2D eigenvalue weighted by Gasteiger charge is 2.31.